The molecule has 0 aliphatic rings. The van der Waals surface area contributed by atoms with Gasteiger partial charge in [-0.15, -0.1) is 0 Å². The molecule has 0 aliphatic heterocycles. The maximum Gasteiger partial charge on any atom is 0.257 e. The lowest BCUT2D eigenvalue weighted by Crippen LogP contribution is -2.22. The molecular formula is C18H23N3O4. The van der Waals surface area contributed by atoms with Crippen LogP contribution in [-0.4, -0.2) is 41.8 Å². The zero-order valence-electron chi connectivity index (χ0n) is 14.9. The van der Waals surface area contributed by atoms with E-state index in [1.165, 1.54) is 19.5 Å². The maximum atomic E-state index is 12.2. The standard InChI is InChI=1S/C18H23N3O4/c1-18(2,3)25-10-9-24-16-7-5-13(11-19-16)17(22)21-14-6-8-15(23-4)20-12-14/h5-8,11-12H,9-10H2,1-4H3,(H,21,22). The van der Waals surface area contributed by atoms with Crippen LogP contribution in [0, 0.1) is 0 Å². The van der Waals surface area contributed by atoms with Crippen molar-refractivity contribution in [1.82, 2.24) is 9.97 Å². The van der Waals surface area contributed by atoms with Gasteiger partial charge >= 0.3 is 0 Å². The van der Waals surface area contributed by atoms with Crippen LogP contribution in [0.2, 0.25) is 0 Å². The van der Waals surface area contributed by atoms with E-state index in [0.717, 1.165) is 0 Å². The number of hydrogen-bond acceptors (Lipinski definition) is 6. The number of nitrogens with one attached hydrogen (secondary N) is 1. The molecule has 0 spiro atoms. The quantitative estimate of drug-likeness (QED) is 0.777. The largest absolute Gasteiger partial charge is 0.481 e. The van der Waals surface area contributed by atoms with E-state index >= 15 is 0 Å². The van der Waals surface area contributed by atoms with Crippen molar-refractivity contribution in [2.75, 3.05) is 25.6 Å². The predicted octanol–water partition coefficient (Wildman–Crippen LogP) is 2.93. The third-order valence-corrected chi connectivity index (χ3v) is 3.07. The Labute approximate surface area is 147 Å². The summed E-state index contributed by atoms with van der Waals surface area (Å²) in [5, 5.41) is 2.74. The summed E-state index contributed by atoms with van der Waals surface area (Å²) in [6.07, 6.45) is 2.99. The van der Waals surface area contributed by atoms with E-state index in [9.17, 15) is 4.79 Å². The van der Waals surface area contributed by atoms with Crippen LogP contribution in [0.4, 0.5) is 5.69 Å². The molecule has 0 aromatic carbocycles. The van der Waals surface area contributed by atoms with E-state index in [-0.39, 0.29) is 11.5 Å². The second kappa shape index (κ2) is 8.43. The van der Waals surface area contributed by atoms with Crippen LogP contribution >= 0.6 is 0 Å². The van der Waals surface area contributed by atoms with Crippen molar-refractivity contribution in [3.8, 4) is 11.8 Å². The van der Waals surface area contributed by atoms with Crippen LogP contribution in [0.25, 0.3) is 0 Å². The van der Waals surface area contributed by atoms with Crippen molar-refractivity contribution in [2.24, 2.45) is 0 Å². The summed E-state index contributed by atoms with van der Waals surface area (Å²) in [6, 6.07) is 6.69. The molecule has 7 heteroatoms. The maximum absolute atomic E-state index is 12.2. The minimum absolute atomic E-state index is 0.199. The van der Waals surface area contributed by atoms with E-state index in [0.29, 0.717) is 36.2 Å². The number of ether oxygens (including phenoxy) is 3. The molecule has 0 aliphatic carbocycles. The SMILES string of the molecule is COc1ccc(NC(=O)c2ccc(OCCOC(C)(C)C)nc2)cn1. The van der Waals surface area contributed by atoms with Crippen LogP contribution in [0.1, 0.15) is 31.1 Å². The first-order valence-corrected chi connectivity index (χ1v) is 7.91. The number of rotatable bonds is 7. The molecule has 0 fully saturated rings. The van der Waals surface area contributed by atoms with E-state index in [1.54, 1.807) is 24.3 Å². The third-order valence-electron chi connectivity index (χ3n) is 3.07. The van der Waals surface area contributed by atoms with Gasteiger partial charge in [-0.1, -0.05) is 0 Å². The summed E-state index contributed by atoms with van der Waals surface area (Å²) in [7, 11) is 1.53. The molecular weight excluding hydrogens is 322 g/mol. The number of pyridine rings is 2. The summed E-state index contributed by atoms with van der Waals surface area (Å²) in [6.45, 7) is 6.82. The molecule has 0 radical (unpaired) electrons. The molecule has 25 heavy (non-hydrogen) atoms. The van der Waals surface area contributed by atoms with Gasteiger partial charge in [-0.05, 0) is 32.9 Å². The molecule has 0 unspecified atom stereocenters. The van der Waals surface area contributed by atoms with Crippen molar-refractivity contribution in [3.05, 3.63) is 42.2 Å². The lowest BCUT2D eigenvalue weighted by Gasteiger charge is -2.19. The zero-order valence-corrected chi connectivity index (χ0v) is 14.9. The number of anilines is 1. The summed E-state index contributed by atoms with van der Waals surface area (Å²) >= 11 is 0. The topological polar surface area (TPSA) is 82.6 Å². The minimum Gasteiger partial charge on any atom is -0.481 e. The molecule has 0 saturated carbocycles. The number of hydrogen-bond donors (Lipinski definition) is 1. The molecule has 134 valence electrons. The Morgan fingerprint density at radius 2 is 1.76 bits per heavy atom. The number of nitrogens with zero attached hydrogens (tertiary/aromatic N) is 2. The van der Waals surface area contributed by atoms with Gasteiger partial charge in [0.2, 0.25) is 11.8 Å². The van der Waals surface area contributed by atoms with Crippen molar-refractivity contribution < 1.29 is 19.0 Å². The van der Waals surface area contributed by atoms with Crippen molar-refractivity contribution in [2.45, 2.75) is 26.4 Å². The first-order valence-electron chi connectivity index (χ1n) is 7.91. The highest BCUT2D eigenvalue weighted by molar-refractivity contribution is 6.03. The predicted molar refractivity (Wildman–Crippen MR) is 94.2 cm³/mol. The molecule has 0 bridgehead atoms. The third kappa shape index (κ3) is 6.39. The Morgan fingerprint density at radius 1 is 1.04 bits per heavy atom. The summed E-state index contributed by atoms with van der Waals surface area (Å²) < 4.78 is 16.0. The highest BCUT2D eigenvalue weighted by atomic mass is 16.5. The number of carbonyl (C=O) groups excluding carboxylic acids is 1. The smallest absolute Gasteiger partial charge is 0.257 e. The lowest BCUT2D eigenvalue weighted by molar-refractivity contribution is -0.0168. The Hall–Kier alpha value is -2.67. The van der Waals surface area contributed by atoms with Gasteiger partial charge in [0.15, 0.2) is 0 Å². The Bertz CT molecular complexity index is 679. The zero-order chi connectivity index (χ0) is 18.3. The van der Waals surface area contributed by atoms with Gasteiger partial charge in [0.1, 0.15) is 6.61 Å². The van der Waals surface area contributed by atoms with E-state index in [2.05, 4.69) is 15.3 Å². The highest BCUT2D eigenvalue weighted by Crippen LogP contribution is 2.14. The lowest BCUT2D eigenvalue weighted by atomic mass is 10.2. The average molecular weight is 345 g/mol. The highest BCUT2D eigenvalue weighted by Gasteiger charge is 2.10. The number of amides is 1. The van der Waals surface area contributed by atoms with Gasteiger partial charge in [0.05, 0.1) is 36.8 Å². The monoisotopic (exact) mass is 345 g/mol. The molecule has 1 amide bonds. The average Bonchev–Trinajstić information content (AvgIpc) is 2.59. The Balaban J connectivity index is 1.84. The molecule has 7 nitrogen and oxygen atoms in total. The van der Waals surface area contributed by atoms with E-state index in [1.807, 2.05) is 20.8 Å². The Kier molecular flexibility index (Phi) is 6.30. The Morgan fingerprint density at radius 3 is 2.32 bits per heavy atom. The second-order valence-electron chi connectivity index (χ2n) is 6.24. The summed E-state index contributed by atoms with van der Waals surface area (Å²) in [5.74, 6) is 0.652. The number of aromatic nitrogens is 2. The van der Waals surface area contributed by atoms with Crippen LogP contribution in [0.3, 0.4) is 0 Å². The fourth-order valence-electron chi connectivity index (χ4n) is 1.87. The van der Waals surface area contributed by atoms with Gasteiger partial charge in [-0.3, -0.25) is 4.79 Å². The molecule has 0 atom stereocenters. The van der Waals surface area contributed by atoms with Crippen LogP contribution < -0.4 is 14.8 Å². The first-order chi connectivity index (χ1) is 11.9. The number of methoxy groups -OCH3 is 1. The fraction of sp³-hybridized carbons (Fsp3) is 0.389. The second-order valence-corrected chi connectivity index (χ2v) is 6.24. The van der Waals surface area contributed by atoms with E-state index < -0.39 is 0 Å². The van der Waals surface area contributed by atoms with Crippen molar-refractivity contribution in [1.29, 1.82) is 0 Å². The van der Waals surface area contributed by atoms with E-state index in [4.69, 9.17) is 14.2 Å². The van der Waals surface area contributed by atoms with Gasteiger partial charge in [-0.25, -0.2) is 9.97 Å². The van der Waals surface area contributed by atoms with Crippen molar-refractivity contribution in [3.63, 3.8) is 0 Å². The summed E-state index contributed by atoms with van der Waals surface area (Å²) in [5.41, 5.74) is 0.800. The normalized spacial score (nSPS) is 11.0. The minimum atomic E-state index is -0.276. The van der Waals surface area contributed by atoms with Gasteiger partial charge in [-0.2, -0.15) is 0 Å². The molecule has 2 aromatic rings. The van der Waals surface area contributed by atoms with Gasteiger partial charge < -0.3 is 19.5 Å². The molecule has 1 N–H and O–H groups in total. The molecule has 2 aromatic heterocycles. The van der Waals surface area contributed by atoms with Crippen molar-refractivity contribution >= 4 is 11.6 Å². The van der Waals surface area contributed by atoms with Crippen LogP contribution in [0.5, 0.6) is 11.8 Å². The fourth-order valence-corrected chi connectivity index (χ4v) is 1.87. The molecule has 2 rings (SSSR count). The van der Waals surface area contributed by atoms with Crippen LogP contribution in [-0.2, 0) is 4.74 Å². The molecule has 2 heterocycles. The van der Waals surface area contributed by atoms with Crippen LogP contribution in [0.15, 0.2) is 36.7 Å². The van der Waals surface area contributed by atoms with Gasteiger partial charge in [0, 0.05) is 18.3 Å². The number of carbonyl (C=O) groups is 1. The summed E-state index contributed by atoms with van der Waals surface area (Å²) in [4.78, 5) is 20.3. The van der Waals surface area contributed by atoms with Gasteiger partial charge in [0.25, 0.3) is 5.91 Å². The molecule has 0 saturated heterocycles. The first kappa shape index (κ1) is 18.7.